The van der Waals surface area contributed by atoms with Gasteiger partial charge in [0.05, 0.1) is 29.8 Å². The number of hydrogen-bond donors (Lipinski definition) is 1. The van der Waals surface area contributed by atoms with Crippen LogP contribution in [0.1, 0.15) is 23.6 Å². The van der Waals surface area contributed by atoms with E-state index in [1.54, 1.807) is 6.07 Å². The highest BCUT2D eigenvalue weighted by Gasteiger charge is 2.46. The monoisotopic (exact) mass is 469 g/mol. The Morgan fingerprint density at radius 2 is 1.82 bits per heavy atom. The van der Waals surface area contributed by atoms with Crippen LogP contribution in [0.3, 0.4) is 0 Å². The van der Waals surface area contributed by atoms with Crippen molar-refractivity contribution >= 4 is 23.1 Å². The molecule has 34 heavy (non-hydrogen) atoms. The third kappa shape index (κ3) is 4.82. The average molecular weight is 469 g/mol. The molecule has 178 valence electrons. The van der Waals surface area contributed by atoms with Crippen molar-refractivity contribution in [1.29, 1.82) is 0 Å². The van der Waals surface area contributed by atoms with Gasteiger partial charge in [-0.05, 0) is 36.2 Å². The maximum atomic E-state index is 13.4. The fraction of sp³-hybridized carbons (Fsp3) is 0.333. The van der Waals surface area contributed by atoms with Gasteiger partial charge in [-0.1, -0.05) is 12.1 Å². The number of carbonyl (C=O) groups excluding carboxylic acids is 2. The molecular weight excluding hydrogens is 445 g/mol. The van der Waals surface area contributed by atoms with Crippen molar-refractivity contribution in [3.63, 3.8) is 0 Å². The molecule has 0 bridgehead atoms. The molecule has 1 atom stereocenters. The van der Waals surface area contributed by atoms with Gasteiger partial charge in [-0.25, -0.2) is 4.39 Å². The lowest BCUT2D eigenvalue weighted by atomic mass is 9.95. The normalized spacial score (nSPS) is 20.6. The predicted molar refractivity (Wildman–Crippen MR) is 120 cm³/mol. The van der Waals surface area contributed by atoms with Gasteiger partial charge in [-0.15, -0.1) is 0 Å². The molecule has 2 aromatic carbocycles. The fourth-order valence-electron chi connectivity index (χ4n) is 4.32. The van der Waals surface area contributed by atoms with Gasteiger partial charge in [0, 0.05) is 43.9 Å². The van der Waals surface area contributed by atoms with Crippen LogP contribution in [0.15, 0.2) is 54.1 Å². The van der Waals surface area contributed by atoms with E-state index in [-0.39, 0.29) is 23.4 Å². The first-order chi connectivity index (χ1) is 16.4. The van der Waals surface area contributed by atoms with Crippen molar-refractivity contribution in [2.45, 2.75) is 12.5 Å². The molecule has 1 N–H and O–H groups in total. The molecule has 0 unspecified atom stereocenters. The van der Waals surface area contributed by atoms with Gasteiger partial charge in [0.1, 0.15) is 11.6 Å². The first kappa shape index (κ1) is 23.5. The van der Waals surface area contributed by atoms with Crippen LogP contribution in [0.25, 0.3) is 5.76 Å². The highest BCUT2D eigenvalue weighted by Crippen LogP contribution is 2.40. The highest BCUT2D eigenvalue weighted by molar-refractivity contribution is 6.46. The van der Waals surface area contributed by atoms with Crippen molar-refractivity contribution < 1.29 is 28.7 Å². The molecular formula is C24H24FN3O6. The first-order valence-corrected chi connectivity index (χ1v) is 11.0. The molecule has 2 aliphatic rings. The fourth-order valence-corrected chi connectivity index (χ4v) is 4.32. The van der Waals surface area contributed by atoms with Gasteiger partial charge in [0.2, 0.25) is 0 Å². The van der Waals surface area contributed by atoms with Crippen LogP contribution in [0.2, 0.25) is 0 Å². The lowest BCUT2D eigenvalue weighted by molar-refractivity contribution is -0.384. The van der Waals surface area contributed by atoms with E-state index in [1.807, 2.05) is 0 Å². The van der Waals surface area contributed by atoms with E-state index < -0.39 is 34.2 Å². The summed E-state index contributed by atoms with van der Waals surface area (Å²) in [5.74, 6) is -2.65. The molecule has 2 aromatic rings. The standard InChI is InChI=1S/C24H24FN3O6/c25-18-7-5-16(6-8-18)22(29)20-21(17-3-1-4-19(15-17)28(32)33)27(24(31)23(20)30)10-2-9-26-11-13-34-14-12-26/h1,3-8,15,21,29H,2,9-14H2/b22-20+/t21-/m0/s1. The van der Waals surface area contributed by atoms with Gasteiger partial charge in [0.25, 0.3) is 17.4 Å². The van der Waals surface area contributed by atoms with Crippen molar-refractivity contribution in [3.8, 4) is 0 Å². The Balaban J connectivity index is 1.70. The highest BCUT2D eigenvalue weighted by atomic mass is 19.1. The summed E-state index contributed by atoms with van der Waals surface area (Å²) in [6.45, 7) is 3.72. The third-order valence-electron chi connectivity index (χ3n) is 6.03. The minimum absolute atomic E-state index is 0.170. The van der Waals surface area contributed by atoms with Crippen LogP contribution in [-0.4, -0.2) is 70.9 Å². The van der Waals surface area contributed by atoms with Crippen LogP contribution < -0.4 is 0 Å². The van der Waals surface area contributed by atoms with Crippen LogP contribution in [-0.2, 0) is 14.3 Å². The molecule has 0 aromatic heterocycles. The smallest absolute Gasteiger partial charge is 0.295 e. The van der Waals surface area contributed by atoms with E-state index in [4.69, 9.17) is 4.74 Å². The molecule has 2 saturated heterocycles. The number of likely N-dealkylation sites (tertiary alicyclic amines) is 1. The number of non-ortho nitro benzene ring substituents is 1. The molecule has 4 rings (SSSR count). The van der Waals surface area contributed by atoms with Crippen LogP contribution in [0, 0.1) is 15.9 Å². The van der Waals surface area contributed by atoms with E-state index in [1.165, 1.54) is 35.2 Å². The molecule has 2 fully saturated rings. The number of aliphatic hydroxyl groups is 1. The number of aliphatic hydroxyl groups excluding tert-OH is 1. The Morgan fingerprint density at radius 3 is 2.50 bits per heavy atom. The molecule has 2 heterocycles. The minimum atomic E-state index is -1.00. The van der Waals surface area contributed by atoms with E-state index in [9.17, 15) is 29.2 Å². The number of Topliss-reactive ketones (excluding diaryl/α,β-unsaturated/α-hetero) is 1. The number of ketones is 1. The molecule has 0 aliphatic carbocycles. The zero-order chi connectivity index (χ0) is 24.2. The number of carbonyl (C=O) groups is 2. The Hall–Kier alpha value is -3.63. The summed E-state index contributed by atoms with van der Waals surface area (Å²) >= 11 is 0. The Bertz CT molecular complexity index is 1130. The molecule has 9 nitrogen and oxygen atoms in total. The van der Waals surface area contributed by atoms with Gasteiger partial charge in [-0.2, -0.15) is 0 Å². The number of nitro benzene ring substituents is 1. The number of amides is 1. The number of hydrogen-bond acceptors (Lipinski definition) is 7. The predicted octanol–water partition coefficient (Wildman–Crippen LogP) is 2.88. The second kappa shape index (κ2) is 10.1. The summed E-state index contributed by atoms with van der Waals surface area (Å²) in [5, 5.41) is 22.3. The number of ether oxygens (including phenoxy) is 1. The van der Waals surface area contributed by atoms with Crippen LogP contribution in [0.4, 0.5) is 10.1 Å². The summed E-state index contributed by atoms with van der Waals surface area (Å²) in [6, 6.07) is 9.54. The van der Waals surface area contributed by atoms with E-state index in [0.29, 0.717) is 31.7 Å². The van der Waals surface area contributed by atoms with Gasteiger partial charge < -0.3 is 14.7 Å². The largest absolute Gasteiger partial charge is 0.507 e. The van der Waals surface area contributed by atoms with Crippen molar-refractivity contribution in [3.05, 3.63) is 81.2 Å². The number of nitrogens with zero attached hydrogens (tertiary/aromatic N) is 3. The van der Waals surface area contributed by atoms with E-state index in [0.717, 1.165) is 25.2 Å². The Morgan fingerprint density at radius 1 is 1.12 bits per heavy atom. The van der Waals surface area contributed by atoms with Gasteiger partial charge in [0.15, 0.2) is 0 Å². The van der Waals surface area contributed by atoms with Crippen molar-refractivity contribution in [1.82, 2.24) is 9.80 Å². The summed E-state index contributed by atoms with van der Waals surface area (Å²) in [7, 11) is 0. The Labute approximate surface area is 195 Å². The average Bonchev–Trinajstić information content (AvgIpc) is 3.10. The topological polar surface area (TPSA) is 113 Å². The minimum Gasteiger partial charge on any atom is -0.507 e. The number of rotatable bonds is 7. The maximum absolute atomic E-state index is 13.4. The number of morpholine rings is 1. The molecule has 1 amide bonds. The van der Waals surface area contributed by atoms with Crippen molar-refractivity contribution in [2.24, 2.45) is 0 Å². The first-order valence-electron chi connectivity index (χ1n) is 11.0. The summed E-state index contributed by atoms with van der Waals surface area (Å²) in [5.41, 5.74) is 0.133. The van der Waals surface area contributed by atoms with Crippen molar-refractivity contribution in [2.75, 3.05) is 39.4 Å². The second-order valence-corrected chi connectivity index (χ2v) is 8.16. The zero-order valence-electron chi connectivity index (χ0n) is 18.4. The summed E-state index contributed by atoms with van der Waals surface area (Å²) in [6.07, 6.45) is 0.565. The molecule has 0 saturated carbocycles. The Kier molecular flexibility index (Phi) is 6.99. The summed E-state index contributed by atoms with van der Waals surface area (Å²) in [4.78, 5) is 40.3. The lowest BCUT2D eigenvalue weighted by Gasteiger charge is -2.29. The maximum Gasteiger partial charge on any atom is 0.295 e. The van der Waals surface area contributed by atoms with E-state index >= 15 is 0 Å². The third-order valence-corrected chi connectivity index (χ3v) is 6.03. The molecule has 0 radical (unpaired) electrons. The quantitative estimate of drug-likeness (QED) is 0.218. The van der Waals surface area contributed by atoms with Gasteiger partial charge in [-0.3, -0.25) is 24.6 Å². The number of halogens is 1. The molecule has 10 heteroatoms. The van der Waals surface area contributed by atoms with Crippen LogP contribution in [0.5, 0.6) is 0 Å². The number of nitro groups is 1. The summed E-state index contributed by atoms with van der Waals surface area (Å²) < 4.78 is 18.7. The van der Waals surface area contributed by atoms with E-state index in [2.05, 4.69) is 4.90 Å². The zero-order valence-corrected chi connectivity index (χ0v) is 18.4. The van der Waals surface area contributed by atoms with Crippen LogP contribution >= 0.6 is 0 Å². The second-order valence-electron chi connectivity index (χ2n) is 8.16. The number of benzene rings is 2. The molecule has 2 aliphatic heterocycles. The molecule has 0 spiro atoms. The SMILES string of the molecule is O=C1C(=O)N(CCCN2CCOCC2)[C@@H](c2cccc([N+](=O)[O-])c2)/C1=C(\O)c1ccc(F)cc1. The lowest BCUT2D eigenvalue weighted by Crippen LogP contribution is -2.39. The van der Waals surface area contributed by atoms with Gasteiger partial charge >= 0.3 is 0 Å².